The first-order valence-corrected chi connectivity index (χ1v) is 5.59. The number of aryl methyl sites for hydroxylation is 1. The molecule has 1 aliphatic heterocycles. The number of nitrogens with zero attached hydrogens (tertiary/aromatic N) is 1. The largest absolute Gasteiger partial charge is 0.462 e. The molecule has 0 spiro atoms. The van der Waals surface area contributed by atoms with Crippen molar-refractivity contribution < 1.29 is 18.8 Å². The number of barbiturate groups is 1. The lowest BCUT2D eigenvalue weighted by atomic mass is 10.1. The molecule has 0 saturated carbocycles. The average Bonchev–Trinajstić information content (AvgIpc) is 2.76. The summed E-state index contributed by atoms with van der Waals surface area (Å²) in [5, 5.41) is 2.09. The molecule has 6 nitrogen and oxygen atoms in total. The molecule has 6 heteroatoms. The number of nitrogens with one attached hydrogen (secondary N) is 1. The first kappa shape index (κ1) is 12.8. The predicted octanol–water partition coefficient (Wildman–Crippen LogP) is 1.24. The molecule has 1 aliphatic rings. The van der Waals surface area contributed by atoms with E-state index in [1.54, 1.807) is 19.1 Å². The number of imide groups is 2. The Morgan fingerprint density at radius 3 is 2.68 bits per heavy atom. The van der Waals surface area contributed by atoms with Gasteiger partial charge in [0.1, 0.15) is 17.1 Å². The van der Waals surface area contributed by atoms with E-state index < -0.39 is 17.8 Å². The van der Waals surface area contributed by atoms with Crippen molar-refractivity contribution in [2.75, 3.05) is 6.54 Å². The van der Waals surface area contributed by atoms with Gasteiger partial charge in [0.15, 0.2) is 0 Å². The van der Waals surface area contributed by atoms with Gasteiger partial charge in [-0.25, -0.2) is 4.79 Å². The summed E-state index contributed by atoms with van der Waals surface area (Å²) in [4.78, 5) is 36.1. The molecule has 0 aliphatic carbocycles. The van der Waals surface area contributed by atoms with Crippen molar-refractivity contribution in [3.63, 3.8) is 0 Å². The molecule has 1 aromatic heterocycles. The van der Waals surface area contributed by atoms with Crippen molar-refractivity contribution in [2.45, 2.75) is 6.92 Å². The fourth-order valence-electron chi connectivity index (χ4n) is 1.66. The predicted molar refractivity (Wildman–Crippen MR) is 66.9 cm³/mol. The highest BCUT2D eigenvalue weighted by Gasteiger charge is 2.35. The van der Waals surface area contributed by atoms with Gasteiger partial charge in [-0.15, -0.1) is 6.58 Å². The smallest absolute Gasteiger partial charge is 0.331 e. The van der Waals surface area contributed by atoms with E-state index in [0.717, 1.165) is 4.90 Å². The third-order valence-corrected chi connectivity index (χ3v) is 2.55. The van der Waals surface area contributed by atoms with Crippen LogP contribution in [0.4, 0.5) is 4.79 Å². The Labute approximate surface area is 109 Å². The van der Waals surface area contributed by atoms with Crippen LogP contribution in [0.25, 0.3) is 6.08 Å². The topological polar surface area (TPSA) is 79.6 Å². The molecule has 1 N–H and O–H groups in total. The number of hydrogen-bond acceptors (Lipinski definition) is 4. The summed E-state index contributed by atoms with van der Waals surface area (Å²) in [6.07, 6.45) is 2.72. The molecule has 0 unspecified atom stereocenters. The average molecular weight is 260 g/mol. The number of furan rings is 1. The van der Waals surface area contributed by atoms with E-state index in [1.807, 2.05) is 0 Å². The van der Waals surface area contributed by atoms with Gasteiger partial charge in [-0.3, -0.25) is 19.8 Å². The first-order chi connectivity index (χ1) is 9.02. The summed E-state index contributed by atoms with van der Waals surface area (Å²) in [7, 11) is 0. The van der Waals surface area contributed by atoms with Crippen LogP contribution in [-0.2, 0) is 9.59 Å². The van der Waals surface area contributed by atoms with Gasteiger partial charge in [-0.05, 0) is 25.1 Å². The number of amides is 4. The summed E-state index contributed by atoms with van der Waals surface area (Å²) < 4.78 is 5.27. The van der Waals surface area contributed by atoms with Crippen LogP contribution in [0.2, 0.25) is 0 Å². The highest BCUT2D eigenvalue weighted by atomic mass is 16.3. The van der Waals surface area contributed by atoms with Crippen molar-refractivity contribution in [1.82, 2.24) is 10.2 Å². The number of urea groups is 1. The Kier molecular flexibility index (Phi) is 3.33. The van der Waals surface area contributed by atoms with Crippen molar-refractivity contribution >= 4 is 23.9 Å². The minimum absolute atomic E-state index is 0.0342. The van der Waals surface area contributed by atoms with E-state index in [4.69, 9.17) is 4.42 Å². The molecule has 0 radical (unpaired) electrons. The molecule has 19 heavy (non-hydrogen) atoms. The lowest BCUT2D eigenvalue weighted by molar-refractivity contribution is -0.129. The SMILES string of the molecule is C=CCN1C(=O)NC(=O)C(=Cc2ccc(C)o2)C1=O. The number of carbonyl (C=O) groups excluding carboxylic acids is 3. The molecule has 1 aromatic rings. The van der Waals surface area contributed by atoms with Gasteiger partial charge in [0.2, 0.25) is 0 Å². The highest BCUT2D eigenvalue weighted by molar-refractivity contribution is 6.30. The van der Waals surface area contributed by atoms with E-state index in [0.29, 0.717) is 11.5 Å². The zero-order valence-electron chi connectivity index (χ0n) is 10.3. The Morgan fingerprint density at radius 1 is 1.37 bits per heavy atom. The summed E-state index contributed by atoms with van der Waals surface area (Å²) in [5.74, 6) is -0.356. The third kappa shape index (κ3) is 2.47. The molecular formula is C13H12N2O4. The zero-order valence-corrected chi connectivity index (χ0v) is 10.3. The minimum atomic E-state index is -0.748. The van der Waals surface area contributed by atoms with Gasteiger partial charge in [0.25, 0.3) is 11.8 Å². The number of hydrogen-bond donors (Lipinski definition) is 1. The summed E-state index contributed by atoms with van der Waals surface area (Å²) in [6.45, 7) is 5.24. The lowest BCUT2D eigenvalue weighted by Crippen LogP contribution is -2.54. The van der Waals surface area contributed by atoms with Crippen LogP contribution in [0.5, 0.6) is 0 Å². The van der Waals surface area contributed by atoms with E-state index in [2.05, 4.69) is 11.9 Å². The summed E-state index contributed by atoms with van der Waals surface area (Å²) in [6, 6.07) is 2.60. The molecule has 0 bridgehead atoms. The van der Waals surface area contributed by atoms with Crippen LogP contribution < -0.4 is 5.32 Å². The minimum Gasteiger partial charge on any atom is -0.462 e. The van der Waals surface area contributed by atoms with E-state index in [9.17, 15) is 14.4 Å². The van der Waals surface area contributed by atoms with Crippen molar-refractivity contribution in [3.05, 3.63) is 41.9 Å². The molecule has 4 amide bonds. The standard InChI is InChI=1S/C13H12N2O4/c1-3-6-15-12(17)10(11(16)14-13(15)18)7-9-5-4-8(2)19-9/h3-5,7H,1,6H2,2H3,(H,14,16,18). The maximum atomic E-state index is 12.0. The van der Waals surface area contributed by atoms with Crippen LogP contribution in [0, 0.1) is 6.92 Å². The van der Waals surface area contributed by atoms with Crippen LogP contribution in [-0.4, -0.2) is 29.3 Å². The molecule has 0 aromatic carbocycles. The first-order valence-electron chi connectivity index (χ1n) is 5.59. The monoisotopic (exact) mass is 260 g/mol. The van der Waals surface area contributed by atoms with Gasteiger partial charge < -0.3 is 4.42 Å². The van der Waals surface area contributed by atoms with Crippen LogP contribution in [0.3, 0.4) is 0 Å². The molecule has 2 heterocycles. The second-order valence-electron chi connectivity index (χ2n) is 3.97. The maximum absolute atomic E-state index is 12.0. The van der Waals surface area contributed by atoms with Gasteiger partial charge in [-0.1, -0.05) is 6.08 Å². The van der Waals surface area contributed by atoms with E-state index in [-0.39, 0.29) is 12.1 Å². The molecule has 98 valence electrons. The van der Waals surface area contributed by atoms with Crippen LogP contribution in [0.1, 0.15) is 11.5 Å². The van der Waals surface area contributed by atoms with Crippen molar-refractivity contribution in [3.8, 4) is 0 Å². The second kappa shape index (κ2) is 4.93. The van der Waals surface area contributed by atoms with Crippen molar-refractivity contribution in [2.24, 2.45) is 0 Å². The van der Waals surface area contributed by atoms with Crippen LogP contribution >= 0.6 is 0 Å². The fraction of sp³-hybridized carbons (Fsp3) is 0.154. The van der Waals surface area contributed by atoms with Gasteiger partial charge in [0.05, 0.1) is 0 Å². The van der Waals surface area contributed by atoms with Gasteiger partial charge in [-0.2, -0.15) is 0 Å². The Hall–Kier alpha value is -2.63. The Bertz CT molecular complexity index is 598. The highest BCUT2D eigenvalue weighted by Crippen LogP contribution is 2.16. The zero-order chi connectivity index (χ0) is 14.0. The third-order valence-electron chi connectivity index (χ3n) is 2.55. The normalized spacial score (nSPS) is 17.8. The van der Waals surface area contributed by atoms with Gasteiger partial charge >= 0.3 is 6.03 Å². The Balaban J connectivity index is 2.35. The van der Waals surface area contributed by atoms with Crippen LogP contribution in [0.15, 0.2) is 34.8 Å². The van der Waals surface area contributed by atoms with Crippen molar-refractivity contribution in [1.29, 1.82) is 0 Å². The van der Waals surface area contributed by atoms with Gasteiger partial charge in [0, 0.05) is 6.54 Å². The summed E-state index contributed by atoms with van der Waals surface area (Å²) >= 11 is 0. The number of carbonyl (C=O) groups is 3. The fourth-order valence-corrected chi connectivity index (χ4v) is 1.66. The summed E-state index contributed by atoms with van der Waals surface area (Å²) in [5.41, 5.74) is -0.143. The lowest BCUT2D eigenvalue weighted by Gasteiger charge is -2.24. The van der Waals surface area contributed by atoms with E-state index >= 15 is 0 Å². The molecule has 1 fully saturated rings. The molecule has 2 rings (SSSR count). The molecular weight excluding hydrogens is 248 g/mol. The Morgan fingerprint density at radius 2 is 2.11 bits per heavy atom. The number of rotatable bonds is 3. The second-order valence-corrected chi connectivity index (χ2v) is 3.97. The van der Waals surface area contributed by atoms with E-state index in [1.165, 1.54) is 12.2 Å². The molecule has 0 atom stereocenters. The maximum Gasteiger partial charge on any atom is 0.331 e. The molecule has 1 saturated heterocycles. The quantitative estimate of drug-likeness (QED) is 0.503.